The van der Waals surface area contributed by atoms with Crippen molar-refractivity contribution in [2.75, 3.05) is 4.72 Å². The molecule has 2 fully saturated rings. The van der Waals surface area contributed by atoms with Crippen LogP contribution in [0.5, 0.6) is 0 Å². The van der Waals surface area contributed by atoms with Crippen molar-refractivity contribution in [3.05, 3.63) is 114 Å². The summed E-state index contributed by atoms with van der Waals surface area (Å²) in [4.78, 5) is 27.5. The summed E-state index contributed by atoms with van der Waals surface area (Å²) in [5.74, 6) is -0.868. The Kier molecular flexibility index (Phi) is 12.0. The maximum Gasteiger partial charge on any atom is 0.269 e. The smallest absolute Gasteiger partial charge is 0.269 e. The monoisotopic (exact) mass is 699 g/mol. The molecule has 1 heterocycles. The molecular weight excluding hydrogens is 655 g/mol. The predicted molar refractivity (Wildman–Crippen MR) is 190 cm³/mol. The molecule has 264 valence electrons. The Bertz CT molecular complexity index is 1800. The standard InChI is InChI=1S/C38H45N5O6S/c44-37(39-31-20-10-12-22-34(31)48-26-28-14-4-1-5-15-28)25-43-33(24-36(41-43)42-50(46,47)30-18-8-3-9-19-30)38(45)40-32-21-11-13-23-35(32)49-27-29-16-6-2-7-17-29/h1-9,14-19,24,31-32,34-35H,10-13,20-23,25-27H2,(H,39,44)(H,40,45)(H,41,42)/t31-,32-,34-,35-/m0/s1. The fraction of sp³-hybridized carbons (Fsp3) is 0.395. The molecule has 12 heteroatoms. The Labute approximate surface area is 293 Å². The lowest BCUT2D eigenvalue weighted by molar-refractivity contribution is -0.124. The summed E-state index contributed by atoms with van der Waals surface area (Å²) in [5.41, 5.74) is 2.18. The van der Waals surface area contributed by atoms with Gasteiger partial charge in [-0.1, -0.05) is 105 Å². The van der Waals surface area contributed by atoms with Crippen molar-refractivity contribution in [3.63, 3.8) is 0 Å². The van der Waals surface area contributed by atoms with Gasteiger partial charge in [0.05, 0.1) is 42.4 Å². The second kappa shape index (κ2) is 16.9. The maximum absolute atomic E-state index is 13.9. The third kappa shape index (κ3) is 9.58. The van der Waals surface area contributed by atoms with E-state index in [1.54, 1.807) is 18.2 Å². The second-order valence-electron chi connectivity index (χ2n) is 13.0. The molecule has 0 spiro atoms. The average Bonchev–Trinajstić information content (AvgIpc) is 3.53. The van der Waals surface area contributed by atoms with E-state index in [0.29, 0.717) is 13.2 Å². The third-order valence-electron chi connectivity index (χ3n) is 9.28. The minimum Gasteiger partial charge on any atom is -0.371 e. The summed E-state index contributed by atoms with van der Waals surface area (Å²) in [6.45, 7) is 0.596. The van der Waals surface area contributed by atoms with Gasteiger partial charge in [0.25, 0.3) is 15.9 Å². The first-order chi connectivity index (χ1) is 24.3. The number of ether oxygens (including phenoxy) is 2. The van der Waals surface area contributed by atoms with Gasteiger partial charge in [-0.2, -0.15) is 5.10 Å². The van der Waals surface area contributed by atoms with Crippen molar-refractivity contribution in [2.45, 2.75) is 100 Å². The highest BCUT2D eigenvalue weighted by atomic mass is 32.2. The highest BCUT2D eigenvalue weighted by Gasteiger charge is 2.31. The molecule has 2 amide bonds. The summed E-state index contributed by atoms with van der Waals surface area (Å²) >= 11 is 0. The average molecular weight is 700 g/mol. The van der Waals surface area contributed by atoms with E-state index in [0.717, 1.165) is 62.5 Å². The van der Waals surface area contributed by atoms with Crippen LogP contribution in [0.2, 0.25) is 0 Å². The lowest BCUT2D eigenvalue weighted by Gasteiger charge is -2.32. The molecule has 0 unspecified atom stereocenters. The minimum atomic E-state index is -3.99. The van der Waals surface area contributed by atoms with Gasteiger partial charge in [-0.05, 0) is 48.9 Å². The van der Waals surface area contributed by atoms with E-state index in [1.165, 1.54) is 22.9 Å². The minimum absolute atomic E-state index is 0.0535. The molecule has 4 aromatic rings. The van der Waals surface area contributed by atoms with Crippen molar-refractivity contribution < 1.29 is 27.5 Å². The Hall–Kier alpha value is -4.52. The van der Waals surface area contributed by atoms with Crippen molar-refractivity contribution in [1.82, 2.24) is 20.4 Å². The maximum atomic E-state index is 13.9. The molecule has 0 aliphatic heterocycles. The number of anilines is 1. The lowest BCUT2D eigenvalue weighted by Crippen LogP contribution is -2.48. The number of carbonyl (C=O) groups excluding carboxylic acids is 2. The van der Waals surface area contributed by atoms with Crippen LogP contribution < -0.4 is 15.4 Å². The number of benzene rings is 3. The number of rotatable bonds is 14. The van der Waals surface area contributed by atoms with Crippen LogP contribution in [0.15, 0.2) is 102 Å². The van der Waals surface area contributed by atoms with E-state index in [9.17, 15) is 18.0 Å². The van der Waals surface area contributed by atoms with E-state index in [1.807, 2.05) is 60.7 Å². The SMILES string of the molecule is O=C(Cn1nc(NS(=O)(=O)c2ccccc2)cc1C(=O)N[C@H]1CCCC[C@@H]1OCc1ccccc1)N[C@H]1CCCC[C@@H]1OCc1ccccc1. The van der Waals surface area contributed by atoms with Crippen LogP contribution in [-0.4, -0.2) is 54.3 Å². The summed E-state index contributed by atoms with van der Waals surface area (Å²) < 4.78 is 42.6. The van der Waals surface area contributed by atoms with Crippen molar-refractivity contribution in [1.29, 1.82) is 0 Å². The summed E-state index contributed by atoms with van der Waals surface area (Å²) in [7, 11) is -3.99. The highest BCUT2D eigenvalue weighted by molar-refractivity contribution is 7.92. The van der Waals surface area contributed by atoms with E-state index in [2.05, 4.69) is 20.5 Å². The van der Waals surface area contributed by atoms with Crippen LogP contribution in [-0.2, 0) is 44.1 Å². The molecule has 2 saturated carbocycles. The van der Waals surface area contributed by atoms with Gasteiger partial charge in [-0.15, -0.1) is 0 Å². The van der Waals surface area contributed by atoms with Gasteiger partial charge in [0, 0.05) is 6.07 Å². The number of carbonyl (C=O) groups is 2. The van der Waals surface area contributed by atoms with Gasteiger partial charge < -0.3 is 20.1 Å². The second-order valence-corrected chi connectivity index (χ2v) is 14.7. The zero-order valence-corrected chi connectivity index (χ0v) is 28.9. The van der Waals surface area contributed by atoms with Gasteiger partial charge in [0.2, 0.25) is 5.91 Å². The Morgan fingerprint density at radius 2 is 1.20 bits per heavy atom. The Morgan fingerprint density at radius 3 is 1.76 bits per heavy atom. The van der Waals surface area contributed by atoms with Gasteiger partial charge >= 0.3 is 0 Å². The third-order valence-corrected chi connectivity index (χ3v) is 10.7. The van der Waals surface area contributed by atoms with E-state index >= 15 is 0 Å². The lowest BCUT2D eigenvalue weighted by atomic mass is 9.92. The topological polar surface area (TPSA) is 141 Å². The predicted octanol–water partition coefficient (Wildman–Crippen LogP) is 5.59. The number of sulfonamides is 1. The van der Waals surface area contributed by atoms with Gasteiger partial charge in [0.15, 0.2) is 5.82 Å². The molecule has 4 atom stereocenters. The highest BCUT2D eigenvalue weighted by Crippen LogP contribution is 2.25. The number of hydrogen-bond acceptors (Lipinski definition) is 7. The van der Waals surface area contributed by atoms with Crippen LogP contribution in [0.1, 0.15) is 73.0 Å². The number of nitrogens with zero attached hydrogens (tertiary/aromatic N) is 2. The van der Waals surface area contributed by atoms with Crippen LogP contribution in [0, 0.1) is 0 Å². The van der Waals surface area contributed by atoms with Crippen LogP contribution in [0.25, 0.3) is 0 Å². The fourth-order valence-corrected chi connectivity index (χ4v) is 7.68. The molecule has 50 heavy (non-hydrogen) atoms. The summed E-state index contributed by atoms with van der Waals surface area (Å²) in [5, 5.41) is 10.6. The molecule has 1 aromatic heterocycles. The Morgan fingerprint density at radius 1 is 0.700 bits per heavy atom. The van der Waals surface area contributed by atoms with Crippen LogP contribution in [0.3, 0.4) is 0 Å². The largest absolute Gasteiger partial charge is 0.371 e. The molecule has 0 saturated heterocycles. The molecule has 0 radical (unpaired) electrons. The van der Waals surface area contributed by atoms with E-state index in [-0.39, 0.29) is 53.2 Å². The number of aromatic nitrogens is 2. The summed E-state index contributed by atoms with van der Waals surface area (Å²) in [6, 6.07) is 28.6. The first kappa shape index (κ1) is 35.3. The van der Waals surface area contributed by atoms with Gasteiger partial charge in [-0.3, -0.25) is 14.3 Å². The number of hydrogen-bond donors (Lipinski definition) is 3. The van der Waals surface area contributed by atoms with Crippen LogP contribution >= 0.6 is 0 Å². The van der Waals surface area contributed by atoms with E-state index in [4.69, 9.17) is 9.47 Å². The number of nitrogens with one attached hydrogen (secondary N) is 3. The van der Waals surface area contributed by atoms with Gasteiger partial charge in [0.1, 0.15) is 12.2 Å². The van der Waals surface area contributed by atoms with Crippen molar-refractivity contribution in [2.24, 2.45) is 0 Å². The quantitative estimate of drug-likeness (QED) is 0.156. The summed E-state index contributed by atoms with van der Waals surface area (Å²) in [6.07, 6.45) is 6.70. The molecule has 2 aliphatic carbocycles. The molecule has 0 bridgehead atoms. The zero-order chi connectivity index (χ0) is 34.8. The normalized spacial score (nSPS) is 20.9. The van der Waals surface area contributed by atoms with Crippen LogP contribution in [0.4, 0.5) is 5.82 Å². The molecule has 3 N–H and O–H groups in total. The number of amides is 2. The molecule has 11 nitrogen and oxygen atoms in total. The zero-order valence-electron chi connectivity index (χ0n) is 28.1. The van der Waals surface area contributed by atoms with Gasteiger partial charge in [-0.25, -0.2) is 13.1 Å². The molecule has 3 aromatic carbocycles. The molecule has 2 aliphatic rings. The fourth-order valence-electron chi connectivity index (χ4n) is 6.67. The van der Waals surface area contributed by atoms with E-state index < -0.39 is 15.9 Å². The first-order valence-corrected chi connectivity index (χ1v) is 18.9. The molecule has 6 rings (SSSR count). The first-order valence-electron chi connectivity index (χ1n) is 17.4. The molecular formula is C38H45N5O6S. The Balaban J connectivity index is 1.17. The van der Waals surface area contributed by atoms with Crippen molar-refractivity contribution >= 4 is 27.7 Å². The van der Waals surface area contributed by atoms with Crippen molar-refractivity contribution in [3.8, 4) is 0 Å².